The van der Waals surface area contributed by atoms with Crippen molar-refractivity contribution < 1.29 is 0 Å². The molecule has 0 aliphatic heterocycles. The summed E-state index contributed by atoms with van der Waals surface area (Å²) in [7, 11) is 0. The van der Waals surface area contributed by atoms with Gasteiger partial charge in [-0.2, -0.15) is 0 Å². The second-order valence-corrected chi connectivity index (χ2v) is 4.06. The number of aromatic nitrogens is 3. The van der Waals surface area contributed by atoms with Gasteiger partial charge in [-0.1, -0.05) is 54.6 Å². The van der Waals surface area contributed by atoms with Gasteiger partial charge in [0.05, 0.1) is 6.20 Å². The van der Waals surface area contributed by atoms with E-state index in [9.17, 15) is 0 Å². The van der Waals surface area contributed by atoms with E-state index >= 15 is 0 Å². The molecule has 0 N–H and O–H groups in total. The molecule has 2 rings (SSSR count). The molecule has 18 heavy (non-hydrogen) atoms. The average molecular weight is 239 g/mol. The molecule has 0 bridgehead atoms. The van der Waals surface area contributed by atoms with Crippen LogP contribution in [0.3, 0.4) is 0 Å². The molecule has 0 amide bonds. The third-order valence-corrected chi connectivity index (χ3v) is 2.63. The topological polar surface area (TPSA) is 30.7 Å². The molecule has 0 radical (unpaired) electrons. The number of benzene rings is 1. The molecule has 0 saturated heterocycles. The molecular weight excluding hydrogens is 222 g/mol. The Hall–Kier alpha value is -2.16. The van der Waals surface area contributed by atoms with Gasteiger partial charge >= 0.3 is 0 Å². The van der Waals surface area contributed by atoms with E-state index in [1.807, 2.05) is 55.6 Å². The lowest BCUT2D eigenvalue weighted by molar-refractivity contribution is 0.815. The van der Waals surface area contributed by atoms with Crippen molar-refractivity contribution in [1.82, 2.24) is 15.0 Å². The maximum absolute atomic E-state index is 4.18. The summed E-state index contributed by atoms with van der Waals surface area (Å²) in [6, 6.07) is 10.1. The van der Waals surface area contributed by atoms with Crippen molar-refractivity contribution in [2.24, 2.45) is 0 Å². The zero-order valence-electron chi connectivity index (χ0n) is 10.7. The number of allylic oxidation sites excluding steroid dienone is 4. The fraction of sp³-hybridized carbons (Fsp3) is 0.200. The van der Waals surface area contributed by atoms with Gasteiger partial charge in [-0.3, -0.25) is 0 Å². The Morgan fingerprint density at radius 1 is 1.28 bits per heavy atom. The van der Waals surface area contributed by atoms with Crippen molar-refractivity contribution in [1.29, 1.82) is 0 Å². The maximum atomic E-state index is 4.18. The summed E-state index contributed by atoms with van der Waals surface area (Å²) in [5.74, 6) is 0. The first kappa shape index (κ1) is 12.3. The Bertz CT molecular complexity index is 550. The molecule has 0 spiro atoms. The SMILES string of the molecule is CC/C=C\C=C(/C)n1cc(-c2ccccc2)nn1. The Kier molecular flexibility index (Phi) is 4.07. The second kappa shape index (κ2) is 5.96. The lowest BCUT2D eigenvalue weighted by Gasteiger charge is -1.97. The molecule has 1 aromatic heterocycles. The summed E-state index contributed by atoms with van der Waals surface area (Å²) < 4.78 is 1.79. The molecule has 1 heterocycles. The molecule has 1 aromatic carbocycles. The molecule has 3 heteroatoms. The van der Waals surface area contributed by atoms with E-state index in [1.165, 1.54) is 0 Å². The van der Waals surface area contributed by atoms with E-state index in [0.717, 1.165) is 23.4 Å². The summed E-state index contributed by atoms with van der Waals surface area (Å²) in [4.78, 5) is 0. The third-order valence-electron chi connectivity index (χ3n) is 2.63. The Morgan fingerprint density at radius 2 is 2.06 bits per heavy atom. The highest BCUT2D eigenvalue weighted by Crippen LogP contribution is 2.16. The van der Waals surface area contributed by atoms with Crippen LogP contribution < -0.4 is 0 Å². The quantitative estimate of drug-likeness (QED) is 0.760. The van der Waals surface area contributed by atoms with Crippen molar-refractivity contribution in [3.05, 3.63) is 54.8 Å². The van der Waals surface area contributed by atoms with Gasteiger partial charge < -0.3 is 0 Å². The largest absolute Gasteiger partial charge is 0.225 e. The minimum Gasteiger partial charge on any atom is -0.225 e. The highest BCUT2D eigenvalue weighted by atomic mass is 15.4. The molecule has 2 aromatic rings. The van der Waals surface area contributed by atoms with Crippen molar-refractivity contribution in [3.63, 3.8) is 0 Å². The summed E-state index contributed by atoms with van der Waals surface area (Å²) >= 11 is 0. The van der Waals surface area contributed by atoms with Crippen LogP contribution in [0.1, 0.15) is 20.3 Å². The van der Waals surface area contributed by atoms with Crippen molar-refractivity contribution in [2.75, 3.05) is 0 Å². The molecule has 0 saturated carbocycles. The van der Waals surface area contributed by atoms with Gasteiger partial charge in [-0.25, -0.2) is 4.68 Å². The van der Waals surface area contributed by atoms with E-state index < -0.39 is 0 Å². The fourth-order valence-corrected chi connectivity index (χ4v) is 1.60. The zero-order chi connectivity index (χ0) is 12.8. The molecule has 0 atom stereocenters. The first-order valence-electron chi connectivity index (χ1n) is 6.13. The molecule has 92 valence electrons. The van der Waals surface area contributed by atoms with Crippen LogP contribution in [0.2, 0.25) is 0 Å². The van der Waals surface area contributed by atoms with E-state index in [0.29, 0.717) is 0 Å². The summed E-state index contributed by atoms with van der Waals surface area (Å²) in [6.07, 6.45) is 9.17. The second-order valence-electron chi connectivity index (χ2n) is 4.06. The number of hydrogen-bond donors (Lipinski definition) is 0. The lowest BCUT2D eigenvalue weighted by atomic mass is 10.2. The van der Waals surface area contributed by atoms with Crippen molar-refractivity contribution in [2.45, 2.75) is 20.3 Å². The van der Waals surface area contributed by atoms with Crippen LogP contribution in [0.25, 0.3) is 17.0 Å². The van der Waals surface area contributed by atoms with Gasteiger partial charge in [0.2, 0.25) is 0 Å². The Labute approximate surface area is 107 Å². The first-order valence-corrected chi connectivity index (χ1v) is 6.13. The van der Waals surface area contributed by atoms with E-state index in [4.69, 9.17) is 0 Å². The predicted octanol–water partition coefficient (Wildman–Crippen LogP) is 3.77. The van der Waals surface area contributed by atoms with E-state index in [-0.39, 0.29) is 0 Å². The van der Waals surface area contributed by atoms with E-state index in [2.05, 4.69) is 23.3 Å². The lowest BCUT2D eigenvalue weighted by Crippen LogP contribution is -1.93. The van der Waals surface area contributed by atoms with Gasteiger partial charge in [0.1, 0.15) is 5.69 Å². The Balaban J connectivity index is 2.21. The maximum Gasteiger partial charge on any atom is 0.113 e. The van der Waals surface area contributed by atoms with Crippen LogP contribution in [0.15, 0.2) is 54.8 Å². The minimum absolute atomic E-state index is 0.892. The van der Waals surface area contributed by atoms with Crippen LogP contribution in [0, 0.1) is 0 Å². The van der Waals surface area contributed by atoms with Crippen LogP contribution in [0.4, 0.5) is 0 Å². The number of rotatable bonds is 4. The van der Waals surface area contributed by atoms with Crippen molar-refractivity contribution >= 4 is 5.70 Å². The smallest absolute Gasteiger partial charge is 0.113 e. The van der Waals surface area contributed by atoms with Gasteiger partial charge in [0, 0.05) is 11.3 Å². The number of nitrogens with zero attached hydrogens (tertiary/aromatic N) is 3. The molecule has 0 aliphatic rings. The molecule has 0 unspecified atom stereocenters. The highest BCUT2D eigenvalue weighted by Gasteiger charge is 2.03. The van der Waals surface area contributed by atoms with Gasteiger partial charge in [-0.15, -0.1) is 5.10 Å². The van der Waals surface area contributed by atoms with Gasteiger partial charge in [0.25, 0.3) is 0 Å². The Morgan fingerprint density at radius 3 is 2.78 bits per heavy atom. The molecular formula is C15H17N3. The molecule has 3 nitrogen and oxygen atoms in total. The van der Waals surface area contributed by atoms with Crippen molar-refractivity contribution in [3.8, 4) is 11.3 Å². The van der Waals surface area contributed by atoms with Gasteiger partial charge in [0.15, 0.2) is 0 Å². The summed E-state index contributed by atoms with van der Waals surface area (Å²) in [6.45, 7) is 4.13. The van der Waals surface area contributed by atoms with Gasteiger partial charge in [-0.05, 0) is 19.4 Å². The first-order chi connectivity index (χ1) is 8.81. The number of hydrogen-bond acceptors (Lipinski definition) is 2. The zero-order valence-corrected chi connectivity index (χ0v) is 10.7. The van der Waals surface area contributed by atoms with E-state index in [1.54, 1.807) is 4.68 Å². The minimum atomic E-state index is 0.892. The fourth-order valence-electron chi connectivity index (χ4n) is 1.60. The predicted molar refractivity (Wildman–Crippen MR) is 74.8 cm³/mol. The highest BCUT2D eigenvalue weighted by molar-refractivity contribution is 5.58. The normalized spacial score (nSPS) is 12.2. The van der Waals surface area contributed by atoms with Crippen LogP contribution >= 0.6 is 0 Å². The standard InChI is InChI=1S/C15H17N3/c1-3-4-6-9-13(2)18-12-15(16-17-18)14-10-7-5-8-11-14/h4-12H,3H2,1-2H3/b6-4-,13-9+. The van der Waals surface area contributed by atoms with Crippen LogP contribution in [0.5, 0.6) is 0 Å². The molecule has 0 aliphatic carbocycles. The van der Waals surface area contributed by atoms with Crippen LogP contribution in [-0.2, 0) is 0 Å². The summed E-state index contributed by atoms with van der Waals surface area (Å²) in [5.41, 5.74) is 3.03. The monoisotopic (exact) mass is 239 g/mol. The average Bonchev–Trinajstić information content (AvgIpc) is 2.89. The summed E-state index contributed by atoms with van der Waals surface area (Å²) in [5, 5.41) is 8.32. The molecule has 0 fully saturated rings. The van der Waals surface area contributed by atoms with Crippen LogP contribution in [-0.4, -0.2) is 15.0 Å². The third kappa shape index (κ3) is 2.94.